The molecule has 2 fully saturated rings. The molecule has 0 aliphatic carbocycles. The molecule has 2 atom stereocenters. The summed E-state index contributed by atoms with van der Waals surface area (Å²) < 4.78 is 2.04. The van der Waals surface area contributed by atoms with Crippen LogP contribution in [0.15, 0.2) is 12.4 Å². The van der Waals surface area contributed by atoms with Gasteiger partial charge in [0, 0.05) is 30.9 Å². The van der Waals surface area contributed by atoms with E-state index < -0.39 is 0 Å². The number of piperidine rings is 2. The van der Waals surface area contributed by atoms with Crippen LogP contribution in [0, 0.1) is 0 Å². The van der Waals surface area contributed by atoms with Gasteiger partial charge in [-0.3, -0.25) is 4.68 Å². The van der Waals surface area contributed by atoms with Crippen LogP contribution in [0.5, 0.6) is 0 Å². The highest BCUT2D eigenvalue weighted by molar-refractivity contribution is 5.46. The monoisotopic (exact) mass is 248 g/mol. The zero-order valence-corrected chi connectivity index (χ0v) is 11.5. The van der Waals surface area contributed by atoms with Gasteiger partial charge in [-0.05, 0) is 46.1 Å². The number of rotatable bonds is 3. The zero-order valence-electron chi connectivity index (χ0n) is 11.5. The molecule has 2 bridgehead atoms. The van der Waals surface area contributed by atoms with Crippen LogP contribution in [0.25, 0.3) is 0 Å². The minimum atomic E-state index is 0.706. The van der Waals surface area contributed by atoms with Crippen molar-refractivity contribution in [1.29, 1.82) is 0 Å². The first kappa shape index (κ1) is 12.0. The molecule has 100 valence electrons. The summed E-state index contributed by atoms with van der Waals surface area (Å²) in [5.41, 5.74) is 1.33. The van der Waals surface area contributed by atoms with Gasteiger partial charge in [0.05, 0.1) is 11.9 Å². The standard InChI is InChI=1S/C14H24N4/c1-3-17-10-14(9-16-17)18-12-5-4-6-13(18)8-11(7-12)15-2/h9-13,15H,3-8H2,1-2H3. The number of hydrogen-bond donors (Lipinski definition) is 1. The van der Waals surface area contributed by atoms with E-state index in [0.29, 0.717) is 18.1 Å². The first-order chi connectivity index (χ1) is 8.81. The van der Waals surface area contributed by atoms with E-state index in [1.807, 2.05) is 4.68 Å². The van der Waals surface area contributed by atoms with Gasteiger partial charge in [0.2, 0.25) is 0 Å². The lowest BCUT2D eigenvalue weighted by Crippen LogP contribution is -2.56. The van der Waals surface area contributed by atoms with Crippen LogP contribution in [-0.2, 0) is 6.54 Å². The maximum atomic E-state index is 4.44. The molecule has 18 heavy (non-hydrogen) atoms. The summed E-state index contributed by atoms with van der Waals surface area (Å²) in [6.07, 6.45) is 10.9. The van der Waals surface area contributed by atoms with E-state index >= 15 is 0 Å². The van der Waals surface area contributed by atoms with Crippen molar-refractivity contribution in [3.8, 4) is 0 Å². The molecule has 0 radical (unpaired) electrons. The van der Waals surface area contributed by atoms with Crippen molar-refractivity contribution in [2.75, 3.05) is 11.9 Å². The molecule has 2 aliphatic heterocycles. The molecule has 1 aromatic heterocycles. The van der Waals surface area contributed by atoms with Crippen LogP contribution in [0.2, 0.25) is 0 Å². The number of aromatic nitrogens is 2. The number of nitrogens with zero attached hydrogens (tertiary/aromatic N) is 3. The largest absolute Gasteiger partial charge is 0.363 e. The topological polar surface area (TPSA) is 33.1 Å². The van der Waals surface area contributed by atoms with Crippen LogP contribution in [-0.4, -0.2) is 35.0 Å². The number of anilines is 1. The normalized spacial score (nSPS) is 31.7. The summed E-state index contributed by atoms with van der Waals surface area (Å²) in [5, 5.41) is 7.91. The average molecular weight is 248 g/mol. The zero-order chi connectivity index (χ0) is 12.5. The lowest BCUT2D eigenvalue weighted by molar-refractivity contribution is 0.252. The molecular formula is C14H24N4. The molecule has 0 aromatic carbocycles. The minimum absolute atomic E-state index is 0.706. The molecule has 2 unspecified atom stereocenters. The van der Waals surface area contributed by atoms with Gasteiger partial charge in [-0.15, -0.1) is 0 Å². The summed E-state index contributed by atoms with van der Waals surface area (Å²) in [5.74, 6) is 0. The van der Waals surface area contributed by atoms with Crippen LogP contribution in [0.1, 0.15) is 39.0 Å². The number of fused-ring (bicyclic) bond motifs is 2. The van der Waals surface area contributed by atoms with Crippen LogP contribution in [0.4, 0.5) is 5.69 Å². The van der Waals surface area contributed by atoms with Crippen LogP contribution < -0.4 is 10.2 Å². The Labute approximate surface area is 109 Å². The molecule has 2 saturated heterocycles. The Morgan fingerprint density at radius 1 is 1.33 bits per heavy atom. The lowest BCUT2D eigenvalue weighted by atomic mass is 9.81. The van der Waals surface area contributed by atoms with Gasteiger partial charge in [-0.1, -0.05) is 0 Å². The van der Waals surface area contributed by atoms with Crippen molar-refractivity contribution < 1.29 is 0 Å². The number of aryl methyl sites for hydroxylation is 1. The highest BCUT2D eigenvalue weighted by Crippen LogP contribution is 2.37. The Balaban J connectivity index is 1.83. The van der Waals surface area contributed by atoms with Crippen molar-refractivity contribution in [2.24, 2.45) is 0 Å². The Kier molecular flexibility index (Phi) is 3.29. The van der Waals surface area contributed by atoms with Crippen LogP contribution >= 0.6 is 0 Å². The molecule has 0 amide bonds. The van der Waals surface area contributed by atoms with Gasteiger partial charge in [0.25, 0.3) is 0 Å². The van der Waals surface area contributed by atoms with E-state index in [-0.39, 0.29) is 0 Å². The van der Waals surface area contributed by atoms with Crippen molar-refractivity contribution in [3.63, 3.8) is 0 Å². The van der Waals surface area contributed by atoms with Crippen LogP contribution in [0.3, 0.4) is 0 Å². The van der Waals surface area contributed by atoms with E-state index in [2.05, 4.69) is 41.7 Å². The second-order valence-electron chi connectivity index (χ2n) is 5.66. The second kappa shape index (κ2) is 4.92. The van der Waals surface area contributed by atoms with Gasteiger partial charge in [0.1, 0.15) is 0 Å². The molecule has 2 aliphatic rings. The fourth-order valence-electron chi connectivity index (χ4n) is 3.70. The maximum Gasteiger partial charge on any atom is 0.0757 e. The highest BCUT2D eigenvalue weighted by Gasteiger charge is 2.38. The fraction of sp³-hybridized carbons (Fsp3) is 0.786. The summed E-state index contributed by atoms with van der Waals surface area (Å²) >= 11 is 0. The second-order valence-corrected chi connectivity index (χ2v) is 5.66. The maximum absolute atomic E-state index is 4.44. The van der Waals surface area contributed by atoms with E-state index in [0.717, 1.165) is 6.54 Å². The molecule has 0 saturated carbocycles. The SMILES string of the molecule is CCn1cc(N2C3CCCC2CC(NC)C3)cn1. The summed E-state index contributed by atoms with van der Waals surface area (Å²) in [6.45, 7) is 3.10. The molecule has 4 nitrogen and oxygen atoms in total. The predicted octanol–water partition coefficient (Wildman–Crippen LogP) is 2.01. The molecule has 0 spiro atoms. The molecule has 3 heterocycles. The molecule has 4 heteroatoms. The van der Waals surface area contributed by atoms with Gasteiger partial charge in [0.15, 0.2) is 0 Å². The van der Waals surface area contributed by atoms with Gasteiger partial charge >= 0.3 is 0 Å². The molecule has 1 aromatic rings. The van der Waals surface area contributed by atoms with E-state index in [4.69, 9.17) is 0 Å². The van der Waals surface area contributed by atoms with Gasteiger partial charge in [-0.2, -0.15) is 5.10 Å². The van der Waals surface area contributed by atoms with E-state index in [1.165, 1.54) is 37.8 Å². The van der Waals surface area contributed by atoms with Crippen molar-refractivity contribution >= 4 is 5.69 Å². The molecule has 3 rings (SSSR count). The quantitative estimate of drug-likeness (QED) is 0.888. The third-order valence-corrected chi connectivity index (χ3v) is 4.62. The molecule has 1 N–H and O–H groups in total. The van der Waals surface area contributed by atoms with Gasteiger partial charge in [-0.25, -0.2) is 0 Å². The van der Waals surface area contributed by atoms with Crippen molar-refractivity contribution in [3.05, 3.63) is 12.4 Å². The number of hydrogen-bond acceptors (Lipinski definition) is 3. The minimum Gasteiger partial charge on any atom is -0.363 e. The Bertz CT molecular complexity index is 386. The van der Waals surface area contributed by atoms with Gasteiger partial charge < -0.3 is 10.2 Å². The third-order valence-electron chi connectivity index (χ3n) is 4.62. The van der Waals surface area contributed by atoms with E-state index in [9.17, 15) is 0 Å². The lowest BCUT2D eigenvalue weighted by Gasteiger charge is -2.49. The summed E-state index contributed by atoms with van der Waals surface area (Å²) in [7, 11) is 2.10. The summed E-state index contributed by atoms with van der Waals surface area (Å²) in [6, 6.07) is 2.13. The molecular weight excluding hydrogens is 224 g/mol. The predicted molar refractivity (Wildman–Crippen MR) is 73.9 cm³/mol. The highest BCUT2D eigenvalue weighted by atomic mass is 15.3. The summed E-state index contributed by atoms with van der Waals surface area (Å²) in [4.78, 5) is 2.65. The van der Waals surface area contributed by atoms with E-state index in [1.54, 1.807) is 0 Å². The fourth-order valence-corrected chi connectivity index (χ4v) is 3.70. The Hall–Kier alpha value is -1.03. The van der Waals surface area contributed by atoms with Crippen molar-refractivity contribution in [1.82, 2.24) is 15.1 Å². The first-order valence-corrected chi connectivity index (χ1v) is 7.30. The average Bonchev–Trinajstić information content (AvgIpc) is 2.85. The van der Waals surface area contributed by atoms with Crippen molar-refractivity contribution in [2.45, 2.75) is 63.7 Å². The Morgan fingerprint density at radius 3 is 2.61 bits per heavy atom. The number of nitrogens with one attached hydrogen (secondary N) is 1. The Morgan fingerprint density at radius 2 is 2.06 bits per heavy atom. The first-order valence-electron chi connectivity index (χ1n) is 7.30. The smallest absolute Gasteiger partial charge is 0.0757 e. The third kappa shape index (κ3) is 2.03.